The number of aliphatic carboxylic acids is 2. The predicted molar refractivity (Wildman–Crippen MR) is 86.3 cm³/mol. The van der Waals surface area contributed by atoms with E-state index in [2.05, 4.69) is 4.90 Å². The Labute approximate surface area is 145 Å². The second-order valence-electron chi connectivity index (χ2n) is 5.50. The van der Waals surface area contributed by atoms with Crippen LogP contribution in [0.5, 0.6) is 0 Å². The van der Waals surface area contributed by atoms with E-state index in [0.29, 0.717) is 13.2 Å². The highest BCUT2D eigenvalue weighted by Gasteiger charge is 2.26. The molecule has 1 aliphatic heterocycles. The molecule has 138 valence electrons. The minimum Gasteiger partial charge on any atom is -0.473 e. The molecule has 0 unspecified atom stereocenters. The summed E-state index contributed by atoms with van der Waals surface area (Å²) in [5.41, 5.74) is 0.720. The third kappa shape index (κ3) is 7.30. The summed E-state index contributed by atoms with van der Waals surface area (Å²) in [6, 6.07) is 6.85. The van der Waals surface area contributed by atoms with Crippen LogP contribution in [0, 0.1) is 11.7 Å². The average Bonchev–Trinajstić information content (AvgIpc) is 2.58. The van der Waals surface area contributed by atoms with Crippen LogP contribution >= 0.6 is 0 Å². The second kappa shape index (κ2) is 10.4. The standard InChI is InChI=1S/C15H20FNO2.C2H2O4/c1-2-19-15(18)12-7-9-17(10-8-12)11-13-5-3-4-6-14(13)16;3-1(4)2(5)6/h3-6,12H,2,7-11H2,1H3;(H,3,4)(H,5,6). The fourth-order valence-electron chi connectivity index (χ4n) is 2.45. The molecule has 8 heteroatoms. The van der Waals surface area contributed by atoms with Crippen molar-refractivity contribution in [3.63, 3.8) is 0 Å². The van der Waals surface area contributed by atoms with Gasteiger partial charge in [-0.05, 0) is 38.9 Å². The maximum absolute atomic E-state index is 13.5. The van der Waals surface area contributed by atoms with Crippen LogP contribution in [0.1, 0.15) is 25.3 Å². The van der Waals surface area contributed by atoms with Gasteiger partial charge in [0.05, 0.1) is 12.5 Å². The number of benzene rings is 1. The summed E-state index contributed by atoms with van der Waals surface area (Å²) in [6.45, 7) is 4.51. The minimum absolute atomic E-state index is 0.0109. The zero-order valence-electron chi connectivity index (χ0n) is 14.0. The van der Waals surface area contributed by atoms with Gasteiger partial charge in [0.15, 0.2) is 0 Å². The van der Waals surface area contributed by atoms with E-state index in [9.17, 15) is 9.18 Å². The number of halogens is 1. The Hall–Kier alpha value is -2.48. The zero-order valence-corrected chi connectivity index (χ0v) is 14.0. The van der Waals surface area contributed by atoms with Crippen molar-refractivity contribution in [1.29, 1.82) is 0 Å². The molecule has 0 aromatic heterocycles. The molecule has 0 bridgehead atoms. The molecule has 2 N–H and O–H groups in total. The monoisotopic (exact) mass is 355 g/mol. The Bertz CT molecular complexity index is 587. The third-order valence-corrected chi connectivity index (χ3v) is 3.74. The molecule has 1 aromatic carbocycles. The first-order chi connectivity index (χ1) is 11.8. The van der Waals surface area contributed by atoms with Crippen molar-refractivity contribution in [1.82, 2.24) is 4.90 Å². The van der Waals surface area contributed by atoms with Crippen LogP contribution in [0.25, 0.3) is 0 Å². The molecule has 1 fully saturated rings. The molecule has 2 rings (SSSR count). The number of hydrogen-bond donors (Lipinski definition) is 2. The zero-order chi connectivity index (χ0) is 18.8. The number of carboxylic acids is 2. The third-order valence-electron chi connectivity index (χ3n) is 3.74. The van der Waals surface area contributed by atoms with Gasteiger partial charge in [0.25, 0.3) is 0 Å². The number of rotatable bonds is 4. The number of piperidine rings is 1. The van der Waals surface area contributed by atoms with Crippen LogP contribution in [-0.2, 0) is 25.7 Å². The topological polar surface area (TPSA) is 104 Å². The fraction of sp³-hybridized carbons (Fsp3) is 0.471. The molecule has 0 radical (unpaired) electrons. The SMILES string of the molecule is CCOC(=O)C1CCN(Cc2ccccc2F)CC1.O=C(O)C(=O)O. The van der Waals surface area contributed by atoms with E-state index in [1.54, 1.807) is 6.07 Å². The lowest BCUT2D eigenvalue weighted by atomic mass is 9.96. The average molecular weight is 355 g/mol. The van der Waals surface area contributed by atoms with Gasteiger partial charge in [-0.15, -0.1) is 0 Å². The number of esters is 1. The summed E-state index contributed by atoms with van der Waals surface area (Å²) in [4.78, 5) is 32.0. The molecule has 0 saturated carbocycles. The van der Waals surface area contributed by atoms with Gasteiger partial charge in [-0.1, -0.05) is 18.2 Å². The number of carbonyl (C=O) groups excluding carboxylic acids is 1. The van der Waals surface area contributed by atoms with Gasteiger partial charge in [-0.2, -0.15) is 0 Å². The summed E-state index contributed by atoms with van der Waals surface area (Å²) in [5, 5.41) is 14.8. The first kappa shape index (κ1) is 20.6. The maximum atomic E-state index is 13.5. The number of carboxylic acid groups (broad SMARTS) is 2. The molecule has 7 nitrogen and oxygen atoms in total. The Morgan fingerprint density at radius 1 is 1.16 bits per heavy atom. The number of carbonyl (C=O) groups is 3. The van der Waals surface area contributed by atoms with Crippen LogP contribution in [0.15, 0.2) is 24.3 Å². The largest absolute Gasteiger partial charge is 0.473 e. The summed E-state index contributed by atoms with van der Waals surface area (Å²) in [5.74, 6) is -3.88. The van der Waals surface area contributed by atoms with Crippen molar-refractivity contribution < 1.29 is 33.7 Å². The number of nitrogens with zero attached hydrogens (tertiary/aromatic N) is 1. The molecule has 1 aliphatic rings. The highest BCUT2D eigenvalue weighted by Crippen LogP contribution is 2.21. The molecule has 1 saturated heterocycles. The second-order valence-corrected chi connectivity index (χ2v) is 5.50. The first-order valence-electron chi connectivity index (χ1n) is 7.93. The van der Waals surface area contributed by atoms with Gasteiger partial charge in [-0.3, -0.25) is 9.69 Å². The highest BCUT2D eigenvalue weighted by atomic mass is 19.1. The van der Waals surface area contributed by atoms with Gasteiger partial charge >= 0.3 is 17.9 Å². The van der Waals surface area contributed by atoms with E-state index in [1.165, 1.54) is 6.07 Å². The number of likely N-dealkylation sites (tertiary alicyclic amines) is 1. The number of hydrogen-bond acceptors (Lipinski definition) is 5. The smallest absolute Gasteiger partial charge is 0.414 e. The Morgan fingerprint density at radius 2 is 1.72 bits per heavy atom. The highest BCUT2D eigenvalue weighted by molar-refractivity contribution is 6.27. The Kier molecular flexibility index (Phi) is 8.55. The quantitative estimate of drug-likeness (QED) is 0.626. The summed E-state index contributed by atoms with van der Waals surface area (Å²) in [6.07, 6.45) is 1.60. The van der Waals surface area contributed by atoms with Crippen molar-refractivity contribution in [3.05, 3.63) is 35.6 Å². The normalized spacial score (nSPS) is 15.0. The molecule has 1 aromatic rings. The molecular formula is C17H22FNO6. The van der Waals surface area contributed by atoms with Crippen molar-refractivity contribution in [2.24, 2.45) is 5.92 Å². The molecule has 0 spiro atoms. The van der Waals surface area contributed by atoms with Crippen LogP contribution in [-0.4, -0.2) is 52.7 Å². The van der Waals surface area contributed by atoms with Gasteiger partial charge in [-0.25, -0.2) is 14.0 Å². The predicted octanol–water partition coefficient (Wildman–Crippen LogP) is 1.76. The van der Waals surface area contributed by atoms with Gasteiger partial charge in [0.2, 0.25) is 0 Å². The summed E-state index contributed by atoms with van der Waals surface area (Å²) < 4.78 is 18.6. The van der Waals surface area contributed by atoms with E-state index < -0.39 is 11.9 Å². The molecule has 25 heavy (non-hydrogen) atoms. The first-order valence-corrected chi connectivity index (χ1v) is 7.93. The van der Waals surface area contributed by atoms with Gasteiger partial charge in [0.1, 0.15) is 5.82 Å². The van der Waals surface area contributed by atoms with Crippen molar-refractivity contribution in [3.8, 4) is 0 Å². The number of ether oxygens (including phenoxy) is 1. The molecular weight excluding hydrogens is 333 g/mol. The lowest BCUT2D eigenvalue weighted by Crippen LogP contribution is -2.36. The van der Waals surface area contributed by atoms with Crippen molar-refractivity contribution >= 4 is 17.9 Å². The Morgan fingerprint density at radius 3 is 2.20 bits per heavy atom. The van der Waals surface area contributed by atoms with Crippen molar-refractivity contribution in [2.45, 2.75) is 26.3 Å². The molecule has 1 heterocycles. The van der Waals surface area contributed by atoms with Crippen LogP contribution in [0.3, 0.4) is 0 Å². The fourth-order valence-corrected chi connectivity index (χ4v) is 2.45. The summed E-state index contributed by atoms with van der Waals surface area (Å²) >= 11 is 0. The van der Waals surface area contributed by atoms with Crippen LogP contribution < -0.4 is 0 Å². The molecule has 0 amide bonds. The van der Waals surface area contributed by atoms with E-state index >= 15 is 0 Å². The lowest BCUT2D eigenvalue weighted by molar-refractivity contribution is -0.159. The van der Waals surface area contributed by atoms with Crippen LogP contribution in [0.2, 0.25) is 0 Å². The van der Waals surface area contributed by atoms with E-state index in [0.717, 1.165) is 31.5 Å². The maximum Gasteiger partial charge on any atom is 0.414 e. The van der Waals surface area contributed by atoms with E-state index in [4.69, 9.17) is 24.5 Å². The Balaban J connectivity index is 0.000000450. The molecule has 0 aliphatic carbocycles. The van der Waals surface area contributed by atoms with Crippen LogP contribution in [0.4, 0.5) is 4.39 Å². The summed E-state index contributed by atoms with van der Waals surface area (Å²) in [7, 11) is 0. The van der Waals surface area contributed by atoms with E-state index in [-0.39, 0.29) is 17.7 Å². The van der Waals surface area contributed by atoms with Gasteiger partial charge in [0, 0.05) is 12.1 Å². The molecule has 0 atom stereocenters. The lowest BCUT2D eigenvalue weighted by Gasteiger charge is -2.30. The van der Waals surface area contributed by atoms with Gasteiger partial charge < -0.3 is 14.9 Å². The minimum atomic E-state index is -1.82. The van der Waals surface area contributed by atoms with E-state index in [1.807, 2.05) is 19.1 Å². The van der Waals surface area contributed by atoms with Crippen molar-refractivity contribution in [2.75, 3.05) is 19.7 Å².